The normalized spacial score (nSPS) is 16.5. The molecule has 2 aromatic heterocycles. The standard InChI is InChI=1S/C35H42N6O5/c1-23(2)41-13-15-46-33-27(22-41)16-25-19-32(33)45-14-7-12-40(35(43)26-18-30-29(37-20-26)21-38-39(30)3)11-6-5-10-36-34(42)24-8-9-31(44-4)28(25)17-24/h8-9,16-21,23H,5-7,10-15,22H2,1-4H3,(H,36,42). The number of amides is 2. The third kappa shape index (κ3) is 6.64. The number of aryl methyl sites for hydroxylation is 1. The van der Waals surface area contributed by atoms with E-state index >= 15 is 0 Å². The van der Waals surface area contributed by atoms with Gasteiger partial charge in [-0.25, -0.2) is 0 Å². The van der Waals surface area contributed by atoms with Crippen LogP contribution >= 0.6 is 0 Å². The molecule has 1 N–H and O–H groups in total. The van der Waals surface area contributed by atoms with Gasteiger partial charge in [0.25, 0.3) is 11.8 Å². The Balaban J connectivity index is 1.32. The number of fused-ring (bicyclic) bond motifs is 8. The Hall–Kier alpha value is -4.64. The van der Waals surface area contributed by atoms with Gasteiger partial charge in [-0.15, -0.1) is 0 Å². The predicted octanol–water partition coefficient (Wildman–Crippen LogP) is 4.68. The van der Waals surface area contributed by atoms with Gasteiger partial charge in [-0.05, 0) is 75.1 Å². The van der Waals surface area contributed by atoms with E-state index in [4.69, 9.17) is 14.2 Å². The minimum atomic E-state index is -0.155. The number of ether oxygens (including phenoxy) is 3. The lowest BCUT2D eigenvalue weighted by molar-refractivity contribution is 0.0741. The highest BCUT2D eigenvalue weighted by Gasteiger charge is 2.24. The minimum Gasteiger partial charge on any atom is -0.496 e. The summed E-state index contributed by atoms with van der Waals surface area (Å²) in [4.78, 5) is 35.7. The molecule has 0 aliphatic carbocycles. The molecule has 242 valence electrons. The summed E-state index contributed by atoms with van der Waals surface area (Å²) < 4.78 is 20.2. The highest BCUT2D eigenvalue weighted by Crippen LogP contribution is 2.41. The second-order valence-electron chi connectivity index (χ2n) is 12.1. The summed E-state index contributed by atoms with van der Waals surface area (Å²) in [7, 11) is 3.47. The van der Waals surface area contributed by atoms with Gasteiger partial charge in [0, 0.05) is 68.7 Å². The first-order valence-electron chi connectivity index (χ1n) is 16.0. The van der Waals surface area contributed by atoms with Crippen LogP contribution in [0.15, 0.2) is 48.8 Å². The molecule has 11 heteroatoms. The number of nitrogens with one attached hydrogen (secondary N) is 1. The van der Waals surface area contributed by atoms with Crippen LogP contribution in [0.3, 0.4) is 0 Å². The Morgan fingerprint density at radius 1 is 0.978 bits per heavy atom. The molecule has 11 nitrogen and oxygen atoms in total. The van der Waals surface area contributed by atoms with Gasteiger partial charge in [0.1, 0.15) is 17.9 Å². The maximum Gasteiger partial charge on any atom is 0.255 e. The van der Waals surface area contributed by atoms with E-state index in [0.717, 1.165) is 52.9 Å². The highest BCUT2D eigenvalue weighted by molar-refractivity contribution is 5.97. The molecular weight excluding hydrogens is 584 g/mol. The summed E-state index contributed by atoms with van der Waals surface area (Å²) in [5, 5.41) is 7.31. The molecule has 0 fully saturated rings. The highest BCUT2D eigenvalue weighted by atomic mass is 16.5. The fourth-order valence-corrected chi connectivity index (χ4v) is 6.09. The zero-order valence-electron chi connectivity index (χ0n) is 27.0. The number of pyridine rings is 1. The molecule has 0 saturated heterocycles. The lowest BCUT2D eigenvalue weighted by Crippen LogP contribution is -2.34. The van der Waals surface area contributed by atoms with E-state index in [1.165, 1.54) is 0 Å². The van der Waals surface area contributed by atoms with E-state index in [1.54, 1.807) is 30.3 Å². The maximum atomic E-state index is 13.7. The van der Waals surface area contributed by atoms with E-state index in [1.807, 2.05) is 36.2 Å². The second kappa shape index (κ2) is 13.8. The van der Waals surface area contributed by atoms with Crippen molar-refractivity contribution in [1.82, 2.24) is 29.9 Å². The fourth-order valence-electron chi connectivity index (χ4n) is 6.09. The van der Waals surface area contributed by atoms with Crippen LogP contribution in [0.4, 0.5) is 0 Å². The Kier molecular flexibility index (Phi) is 9.39. The summed E-state index contributed by atoms with van der Waals surface area (Å²) in [5.41, 5.74) is 5.33. The maximum absolute atomic E-state index is 13.7. The quantitative estimate of drug-likeness (QED) is 0.349. The Morgan fingerprint density at radius 3 is 2.65 bits per heavy atom. The number of rotatable bonds is 3. The van der Waals surface area contributed by atoms with Gasteiger partial charge in [-0.3, -0.25) is 24.2 Å². The van der Waals surface area contributed by atoms with Crippen molar-refractivity contribution in [3.05, 3.63) is 65.5 Å². The first kappa shape index (κ1) is 31.3. The van der Waals surface area contributed by atoms with Gasteiger partial charge in [-0.2, -0.15) is 5.10 Å². The molecule has 4 aromatic rings. The number of hydrogen-bond acceptors (Lipinski definition) is 8. The van der Waals surface area contributed by atoms with Crippen molar-refractivity contribution in [3.63, 3.8) is 0 Å². The van der Waals surface area contributed by atoms with Crippen molar-refractivity contribution < 1.29 is 23.8 Å². The van der Waals surface area contributed by atoms with Crippen LogP contribution in [0, 0.1) is 0 Å². The molecule has 2 aromatic carbocycles. The van der Waals surface area contributed by atoms with Gasteiger partial charge >= 0.3 is 0 Å². The van der Waals surface area contributed by atoms with Crippen LogP contribution in [0.1, 0.15) is 59.4 Å². The molecule has 4 heterocycles. The van der Waals surface area contributed by atoms with Gasteiger partial charge in [0.2, 0.25) is 0 Å². The number of benzene rings is 2. The van der Waals surface area contributed by atoms with Crippen molar-refractivity contribution in [1.29, 1.82) is 0 Å². The molecule has 0 radical (unpaired) electrons. The molecule has 2 aliphatic rings. The second-order valence-corrected chi connectivity index (χ2v) is 12.1. The lowest BCUT2D eigenvalue weighted by atomic mass is 9.98. The summed E-state index contributed by atoms with van der Waals surface area (Å²) >= 11 is 0. The fraction of sp³-hybridized carbons (Fsp3) is 0.429. The van der Waals surface area contributed by atoms with Crippen LogP contribution in [-0.4, -0.2) is 88.9 Å². The number of hydrogen-bond donors (Lipinski definition) is 1. The molecular formula is C35H42N6O5. The molecule has 4 bridgehead atoms. The summed E-state index contributed by atoms with van der Waals surface area (Å²) in [5.74, 6) is 1.80. The van der Waals surface area contributed by atoms with E-state index in [2.05, 4.69) is 40.2 Å². The van der Waals surface area contributed by atoms with Gasteiger partial charge in [0.15, 0.2) is 11.5 Å². The summed E-state index contributed by atoms with van der Waals surface area (Å²) in [6, 6.07) is 11.8. The van der Waals surface area contributed by atoms with E-state index in [-0.39, 0.29) is 11.8 Å². The molecule has 0 saturated carbocycles. The molecule has 0 unspecified atom stereocenters. The zero-order chi connectivity index (χ0) is 32.2. The molecule has 2 amide bonds. The van der Waals surface area contributed by atoms with Crippen molar-refractivity contribution in [2.75, 3.05) is 46.5 Å². The average molecular weight is 627 g/mol. The Morgan fingerprint density at radius 2 is 1.83 bits per heavy atom. The van der Waals surface area contributed by atoms with Crippen LogP contribution in [0.2, 0.25) is 0 Å². The van der Waals surface area contributed by atoms with E-state index in [9.17, 15) is 9.59 Å². The van der Waals surface area contributed by atoms with E-state index in [0.29, 0.717) is 74.5 Å². The zero-order valence-corrected chi connectivity index (χ0v) is 27.0. The number of nitrogens with zero attached hydrogens (tertiary/aromatic N) is 5. The van der Waals surface area contributed by atoms with Gasteiger partial charge < -0.3 is 24.4 Å². The monoisotopic (exact) mass is 626 g/mol. The molecule has 6 rings (SSSR count). The predicted molar refractivity (Wildman–Crippen MR) is 176 cm³/mol. The number of methoxy groups -OCH3 is 1. The smallest absolute Gasteiger partial charge is 0.255 e. The first-order chi connectivity index (χ1) is 22.3. The number of aromatic nitrogens is 3. The Bertz CT molecular complexity index is 1730. The number of carbonyl (C=O) groups is 2. The summed E-state index contributed by atoms with van der Waals surface area (Å²) in [6.07, 6.45) is 5.39. The lowest BCUT2D eigenvalue weighted by Gasteiger charge is -2.24. The van der Waals surface area contributed by atoms with Crippen LogP contribution in [0.5, 0.6) is 17.2 Å². The molecule has 46 heavy (non-hydrogen) atoms. The molecule has 0 atom stereocenters. The van der Waals surface area contributed by atoms with Gasteiger partial charge in [-0.1, -0.05) is 0 Å². The third-order valence-corrected chi connectivity index (χ3v) is 8.74. The van der Waals surface area contributed by atoms with Crippen LogP contribution in [-0.2, 0) is 13.6 Å². The van der Waals surface area contributed by atoms with Crippen molar-refractivity contribution in [2.24, 2.45) is 7.05 Å². The number of carbonyl (C=O) groups excluding carboxylic acids is 2. The minimum absolute atomic E-state index is 0.0892. The van der Waals surface area contributed by atoms with Crippen LogP contribution < -0.4 is 19.5 Å². The SMILES string of the molecule is COc1ccc2cc1-c1cc3c(c(c1)OCCCN(C(=O)c1cnc4cnn(C)c4c1)CCCCNC2=O)OCCN(C(C)C)C3. The van der Waals surface area contributed by atoms with E-state index < -0.39 is 0 Å². The van der Waals surface area contributed by atoms with Gasteiger partial charge in [0.05, 0.1) is 31.0 Å². The van der Waals surface area contributed by atoms with Crippen molar-refractivity contribution in [3.8, 4) is 28.4 Å². The van der Waals surface area contributed by atoms with Crippen molar-refractivity contribution in [2.45, 2.75) is 45.7 Å². The van der Waals surface area contributed by atoms with Crippen molar-refractivity contribution >= 4 is 22.8 Å². The molecule has 2 aliphatic heterocycles. The van der Waals surface area contributed by atoms with Crippen LogP contribution in [0.25, 0.3) is 22.2 Å². The first-order valence-corrected chi connectivity index (χ1v) is 16.0. The summed E-state index contributed by atoms with van der Waals surface area (Å²) in [6.45, 7) is 8.37. The Labute approximate surface area is 269 Å². The topological polar surface area (TPSA) is 111 Å². The molecule has 0 spiro atoms. The third-order valence-electron chi connectivity index (χ3n) is 8.74. The largest absolute Gasteiger partial charge is 0.496 e. The average Bonchev–Trinajstić information content (AvgIpc) is 3.28.